The van der Waals surface area contributed by atoms with Crippen LogP contribution in [0, 0.1) is 13.8 Å². The molecule has 2 aromatic rings. The van der Waals surface area contributed by atoms with Crippen molar-refractivity contribution in [1.29, 1.82) is 0 Å². The summed E-state index contributed by atoms with van der Waals surface area (Å²) in [7, 11) is -3.67. The largest absolute Gasteiger partial charge is 0.326 e. The molecule has 1 saturated heterocycles. The zero-order valence-electron chi connectivity index (χ0n) is 16.1. The summed E-state index contributed by atoms with van der Waals surface area (Å²) >= 11 is 5.88. The maximum atomic E-state index is 13.1. The van der Waals surface area contributed by atoms with Gasteiger partial charge in [-0.1, -0.05) is 30.2 Å². The van der Waals surface area contributed by atoms with Crippen LogP contribution in [0.25, 0.3) is 0 Å². The Kier molecular flexibility index (Phi) is 6.43. The summed E-state index contributed by atoms with van der Waals surface area (Å²) < 4.78 is 27.7. The van der Waals surface area contributed by atoms with Gasteiger partial charge in [0.25, 0.3) is 0 Å². The Morgan fingerprint density at radius 2 is 1.86 bits per heavy atom. The van der Waals surface area contributed by atoms with Gasteiger partial charge >= 0.3 is 0 Å². The summed E-state index contributed by atoms with van der Waals surface area (Å²) in [6.45, 7) is 4.38. The third-order valence-electron chi connectivity index (χ3n) is 5.29. The molecule has 1 aliphatic heterocycles. The van der Waals surface area contributed by atoms with Gasteiger partial charge in [0, 0.05) is 29.7 Å². The number of halogens is 1. The zero-order valence-corrected chi connectivity index (χ0v) is 17.7. The molecule has 1 N–H and O–H groups in total. The maximum absolute atomic E-state index is 13.1. The van der Waals surface area contributed by atoms with Crippen LogP contribution in [0.3, 0.4) is 0 Å². The molecule has 1 heterocycles. The van der Waals surface area contributed by atoms with Crippen molar-refractivity contribution in [3.63, 3.8) is 0 Å². The van der Waals surface area contributed by atoms with E-state index in [9.17, 15) is 13.2 Å². The van der Waals surface area contributed by atoms with Gasteiger partial charge in [0.2, 0.25) is 15.9 Å². The second-order valence-electron chi connectivity index (χ2n) is 7.22. The molecule has 2 aromatic carbocycles. The second kappa shape index (κ2) is 8.64. The first-order chi connectivity index (χ1) is 13.3. The van der Waals surface area contributed by atoms with Gasteiger partial charge in [-0.05, 0) is 68.1 Å². The molecule has 0 aromatic heterocycles. The molecule has 0 aliphatic carbocycles. The minimum atomic E-state index is -3.67. The van der Waals surface area contributed by atoms with E-state index in [0.717, 1.165) is 29.7 Å². The number of rotatable bonds is 5. The molecule has 5 nitrogen and oxygen atoms in total. The summed E-state index contributed by atoms with van der Waals surface area (Å²) in [4.78, 5) is 12.9. The van der Waals surface area contributed by atoms with Gasteiger partial charge in [-0.15, -0.1) is 0 Å². The smallest absolute Gasteiger partial charge is 0.243 e. The molecule has 1 amide bonds. The minimum Gasteiger partial charge on any atom is -0.326 e. The molecule has 3 rings (SSSR count). The second-order valence-corrected chi connectivity index (χ2v) is 9.55. The highest BCUT2D eigenvalue weighted by Crippen LogP contribution is 2.28. The molecule has 150 valence electrons. The lowest BCUT2D eigenvalue weighted by atomic mass is 10.0. The molecule has 0 bridgehead atoms. The molecule has 0 saturated carbocycles. The van der Waals surface area contributed by atoms with Crippen LogP contribution in [-0.2, 0) is 14.8 Å². The summed E-state index contributed by atoms with van der Waals surface area (Å²) in [5.41, 5.74) is 2.89. The average Bonchev–Trinajstić information content (AvgIpc) is 2.66. The number of hydrogen-bond acceptors (Lipinski definition) is 3. The minimum absolute atomic E-state index is 0.139. The number of amides is 1. The molecule has 1 fully saturated rings. The van der Waals surface area contributed by atoms with E-state index in [1.165, 1.54) is 16.4 Å². The Morgan fingerprint density at radius 3 is 2.57 bits per heavy atom. The standard InChI is InChI=1S/C21H25ClN2O3S/c1-15-6-5-8-20(16(15)2)23-21(25)14-18-7-3-4-13-24(18)28(26,27)19-11-9-17(22)10-12-19/h5-6,8-12,18H,3-4,7,13-14H2,1-2H3,(H,23,25)/t18-/m0/s1. The van der Waals surface area contributed by atoms with Crippen LogP contribution in [-0.4, -0.2) is 31.2 Å². The monoisotopic (exact) mass is 420 g/mol. The van der Waals surface area contributed by atoms with Gasteiger partial charge in [0.15, 0.2) is 0 Å². The summed E-state index contributed by atoms with van der Waals surface area (Å²) in [5, 5.41) is 3.43. The van der Waals surface area contributed by atoms with E-state index in [2.05, 4.69) is 5.32 Å². The molecule has 1 aliphatic rings. The van der Waals surface area contributed by atoms with E-state index < -0.39 is 10.0 Å². The average molecular weight is 421 g/mol. The topological polar surface area (TPSA) is 66.5 Å². The number of nitrogens with one attached hydrogen (secondary N) is 1. The Morgan fingerprint density at radius 1 is 1.14 bits per heavy atom. The van der Waals surface area contributed by atoms with E-state index in [0.29, 0.717) is 18.0 Å². The van der Waals surface area contributed by atoms with Crippen LogP contribution in [0.4, 0.5) is 5.69 Å². The molecular formula is C21H25ClN2O3S. The Hall–Kier alpha value is -1.89. The molecule has 7 heteroatoms. The molecule has 0 unspecified atom stereocenters. The third kappa shape index (κ3) is 4.57. The first-order valence-electron chi connectivity index (χ1n) is 9.42. The number of piperidine rings is 1. The van der Waals surface area contributed by atoms with Crippen molar-refractivity contribution in [2.24, 2.45) is 0 Å². The number of carbonyl (C=O) groups is 1. The van der Waals surface area contributed by atoms with Crippen molar-refractivity contribution < 1.29 is 13.2 Å². The van der Waals surface area contributed by atoms with Gasteiger partial charge in [0.1, 0.15) is 0 Å². The predicted molar refractivity (Wildman–Crippen MR) is 112 cm³/mol. The first-order valence-corrected chi connectivity index (χ1v) is 11.2. The zero-order chi connectivity index (χ0) is 20.3. The summed E-state index contributed by atoms with van der Waals surface area (Å²) in [6, 6.07) is 11.6. The number of benzene rings is 2. The molecule has 1 atom stereocenters. The Balaban J connectivity index is 1.77. The van der Waals surface area contributed by atoms with Crippen LogP contribution in [0.15, 0.2) is 47.4 Å². The van der Waals surface area contributed by atoms with E-state index in [4.69, 9.17) is 11.6 Å². The molecule has 0 radical (unpaired) electrons. The van der Waals surface area contributed by atoms with Gasteiger partial charge in [0.05, 0.1) is 4.90 Å². The van der Waals surface area contributed by atoms with Crippen LogP contribution >= 0.6 is 11.6 Å². The highest BCUT2D eigenvalue weighted by atomic mass is 35.5. The molecular weight excluding hydrogens is 396 g/mol. The number of nitrogens with zero attached hydrogens (tertiary/aromatic N) is 1. The predicted octanol–water partition coefficient (Wildman–Crippen LogP) is 4.53. The number of anilines is 1. The fraction of sp³-hybridized carbons (Fsp3) is 0.381. The van der Waals surface area contributed by atoms with E-state index in [1.807, 2.05) is 32.0 Å². The lowest BCUT2D eigenvalue weighted by Gasteiger charge is -2.34. The molecule has 0 spiro atoms. The fourth-order valence-electron chi connectivity index (χ4n) is 3.54. The SMILES string of the molecule is Cc1cccc(NC(=O)C[C@@H]2CCCCN2S(=O)(=O)c2ccc(Cl)cc2)c1C. The number of carbonyl (C=O) groups excluding carboxylic acids is 1. The lowest BCUT2D eigenvalue weighted by molar-refractivity contribution is -0.117. The van der Waals surface area contributed by atoms with Crippen LogP contribution < -0.4 is 5.32 Å². The van der Waals surface area contributed by atoms with Crippen molar-refractivity contribution >= 4 is 33.2 Å². The summed E-state index contributed by atoms with van der Waals surface area (Å²) in [5.74, 6) is -0.170. The third-order valence-corrected chi connectivity index (χ3v) is 7.51. The Bertz CT molecular complexity index is 958. The van der Waals surface area contributed by atoms with Gasteiger partial charge in [-0.25, -0.2) is 8.42 Å². The van der Waals surface area contributed by atoms with Crippen LogP contribution in [0.2, 0.25) is 5.02 Å². The van der Waals surface area contributed by atoms with Crippen molar-refractivity contribution in [1.82, 2.24) is 4.31 Å². The Labute approximate surface area is 171 Å². The van der Waals surface area contributed by atoms with Crippen LogP contribution in [0.5, 0.6) is 0 Å². The van der Waals surface area contributed by atoms with Gasteiger partial charge in [-0.3, -0.25) is 4.79 Å². The number of hydrogen-bond donors (Lipinski definition) is 1. The van der Waals surface area contributed by atoms with Crippen molar-refractivity contribution in [2.75, 3.05) is 11.9 Å². The first kappa shape index (κ1) is 20.8. The van der Waals surface area contributed by atoms with Gasteiger partial charge < -0.3 is 5.32 Å². The van der Waals surface area contributed by atoms with E-state index in [-0.39, 0.29) is 23.3 Å². The maximum Gasteiger partial charge on any atom is 0.243 e. The highest BCUT2D eigenvalue weighted by Gasteiger charge is 2.34. The van der Waals surface area contributed by atoms with Gasteiger partial charge in [-0.2, -0.15) is 4.31 Å². The van der Waals surface area contributed by atoms with Crippen LogP contribution in [0.1, 0.15) is 36.8 Å². The van der Waals surface area contributed by atoms with E-state index in [1.54, 1.807) is 12.1 Å². The fourth-order valence-corrected chi connectivity index (χ4v) is 5.36. The number of sulfonamides is 1. The highest BCUT2D eigenvalue weighted by molar-refractivity contribution is 7.89. The van der Waals surface area contributed by atoms with Crippen molar-refractivity contribution in [3.8, 4) is 0 Å². The molecule has 28 heavy (non-hydrogen) atoms. The van der Waals surface area contributed by atoms with E-state index >= 15 is 0 Å². The van der Waals surface area contributed by atoms with Crippen molar-refractivity contribution in [3.05, 3.63) is 58.6 Å². The lowest BCUT2D eigenvalue weighted by Crippen LogP contribution is -2.45. The quantitative estimate of drug-likeness (QED) is 0.772. The normalized spacial score (nSPS) is 18.0. The van der Waals surface area contributed by atoms with Crippen molar-refractivity contribution in [2.45, 2.75) is 50.5 Å². The number of aryl methyl sites for hydroxylation is 1. The summed E-state index contributed by atoms with van der Waals surface area (Å²) in [6.07, 6.45) is 2.52.